The maximum atomic E-state index is 14.2. The van der Waals surface area contributed by atoms with Gasteiger partial charge in [0.1, 0.15) is 23.9 Å². The molecule has 0 saturated carbocycles. The third-order valence-corrected chi connectivity index (χ3v) is 6.01. The molecule has 1 unspecified atom stereocenters. The van der Waals surface area contributed by atoms with Crippen molar-refractivity contribution in [3.8, 4) is 16.9 Å². The van der Waals surface area contributed by atoms with Gasteiger partial charge < -0.3 is 15.8 Å². The third kappa shape index (κ3) is 5.02. The summed E-state index contributed by atoms with van der Waals surface area (Å²) in [5, 5.41) is 7.09. The SMILES string of the molecule is CCC(C)(N)CNC(=O)c1c(C)nc2c(OCc3c(F)cccc3F)cc(-c3cnn(C)c3)cn12. The van der Waals surface area contributed by atoms with Gasteiger partial charge in [-0.25, -0.2) is 13.8 Å². The highest BCUT2D eigenvalue weighted by molar-refractivity contribution is 5.95. The Morgan fingerprint density at radius 1 is 1.23 bits per heavy atom. The molecule has 3 N–H and O–H groups in total. The van der Waals surface area contributed by atoms with Crippen LogP contribution in [-0.2, 0) is 13.7 Å². The summed E-state index contributed by atoms with van der Waals surface area (Å²) < 4.78 is 37.5. The summed E-state index contributed by atoms with van der Waals surface area (Å²) in [6, 6.07) is 5.36. The van der Waals surface area contributed by atoms with Crippen molar-refractivity contribution in [3.05, 3.63) is 71.4 Å². The Morgan fingerprint density at radius 2 is 1.94 bits per heavy atom. The Balaban J connectivity index is 1.78. The van der Waals surface area contributed by atoms with Crippen molar-refractivity contribution in [2.24, 2.45) is 12.8 Å². The molecule has 1 atom stereocenters. The number of ether oxygens (including phenoxy) is 1. The zero-order valence-corrected chi connectivity index (χ0v) is 20.1. The van der Waals surface area contributed by atoms with Crippen LogP contribution in [0.15, 0.2) is 42.9 Å². The number of halogens is 2. The maximum absolute atomic E-state index is 14.2. The average Bonchev–Trinajstić information content (AvgIpc) is 3.39. The highest BCUT2D eigenvalue weighted by Gasteiger charge is 2.23. The molecule has 0 bridgehead atoms. The number of aryl methyl sites for hydroxylation is 2. The summed E-state index contributed by atoms with van der Waals surface area (Å²) >= 11 is 0. The predicted octanol–water partition coefficient (Wildman–Crippen LogP) is 3.76. The number of pyridine rings is 1. The standard InChI is InChI=1S/C25H28F2N6O2/c1-5-25(3,28)14-29-24(34)22-15(2)31-23-21(35-13-18-19(26)7-6-8-20(18)27)9-16(12-33(22)23)17-10-30-32(4)11-17/h6-12H,5,13-14,28H2,1-4H3,(H,29,34). The van der Waals surface area contributed by atoms with E-state index < -0.39 is 17.2 Å². The van der Waals surface area contributed by atoms with E-state index >= 15 is 0 Å². The lowest BCUT2D eigenvalue weighted by Gasteiger charge is -2.22. The van der Waals surface area contributed by atoms with Crippen LogP contribution >= 0.6 is 0 Å². The average molecular weight is 483 g/mol. The molecule has 0 aliphatic rings. The van der Waals surface area contributed by atoms with E-state index in [1.54, 1.807) is 41.5 Å². The molecule has 0 aliphatic carbocycles. The van der Waals surface area contributed by atoms with Crippen molar-refractivity contribution < 1.29 is 18.3 Å². The molecular formula is C25H28F2N6O2. The van der Waals surface area contributed by atoms with Crippen LogP contribution in [0.4, 0.5) is 8.78 Å². The van der Waals surface area contributed by atoms with Gasteiger partial charge in [0.05, 0.1) is 17.5 Å². The molecule has 4 rings (SSSR count). The Morgan fingerprint density at radius 3 is 2.57 bits per heavy atom. The lowest BCUT2D eigenvalue weighted by Crippen LogP contribution is -2.47. The van der Waals surface area contributed by atoms with Gasteiger partial charge in [0.25, 0.3) is 5.91 Å². The number of hydrogen-bond donors (Lipinski definition) is 2. The van der Waals surface area contributed by atoms with Crippen molar-refractivity contribution in [2.45, 2.75) is 39.3 Å². The predicted molar refractivity (Wildman–Crippen MR) is 128 cm³/mol. The van der Waals surface area contributed by atoms with Crippen LogP contribution in [0.5, 0.6) is 5.75 Å². The smallest absolute Gasteiger partial charge is 0.270 e. The van der Waals surface area contributed by atoms with Crippen LogP contribution in [0.25, 0.3) is 16.8 Å². The summed E-state index contributed by atoms with van der Waals surface area (Å²) in [5.41, 5.74) is 8.05. The zero-order chi connectivity index (χ0) is 25.3. The fourth-order valence-electron chi connectivity index (χ4n) is 3.65. The lowest BCUT2D eigenvalue weighted by molar-refractivity contribution is 0.0937. The minimum Gasteiger partial charge on any atom is -0.485 e. The van der Waals surface area contributed by atoms with Gasteiger partial charge in [0.2, 0.25) is 0 Å². The number of nitrogens with zero attached hydrogens (tertiary/aromatic N) is 4. The van der Waals surface area contributed by atoms with E-state index in [0.29, 0.717) is 29.0 Å². The minimum absolute atomic E-state index is 0.194. The van der Waals surface area contributed by atoms with Gasteiger partial charge in [-0.2, -0.15) is 5.10 Å². The van der Waals surface area contributed by atoms with E-state index in [1.807, 2.05) is 20.0 Å². The van der Waals surface area contributed by atoms with E-state index in [0.717, 1.165) is 5.56 Å². The first-order chi connectivity index (χ1) is 16.6. The number of nitrogens with one attached hydrogen (secondary N) is 1. The van der Waals surface area contributed by atoms with Crippen molar-refractivity contribution in [1.82, 2.24) is 24.5 Å². The summed E-state index contributed by atoms with van der Waals surface area (Å²) in [6.45, 7) is 5.47. The molecule has 1 aromatic carbocycles. The number of imidazole rings is 1. The normalized spacial score (nSPS) is 13.1. The first kappa shape index (κ1) is 24.3. The van der Waals surface area contributed by atoms with Gasteiger partial charge in [0.15, 0.2) is 11.4 Å². The number of amides is 1. The number of carbonyl (C=O) groups excluding carboxylic acids is 1. The first-order valence-electron chi connectivity index (χ1n) is 11.2. The van der Waals surface area contributed by atoms with E-state index in [9.17, 15) is 13.6 Å². The highest BCUT2D eigenvalue weighted by Crippen LogP contribution is 2.30. The van der Waals surface area contributed by atoms with E-state index in [1.165, 1.54) is 18.2 Å². The van der Waals surface area contributed by atoms with Crippen molar-refractivity contribution >= 4 is 11.6 Å². The number of hydrogen-bond acceptors (Lipinski definition) is 5. The zero-order valence-electron chi connectivity index (χ0n) is 20.1. The molecule has 0 radical (unpaired) electrons. The fraction of sp³-hybridized carbons (Fsp3) is 0.320. The third-order valence-electron chi connectivity index (χ3n) is 6.01. The Hall–Kier alpha value is -3.79. The molecule has 0 spiro atoms. The largest absolute Gasteiger partial charge is 0.485 e. The van der Waals surface area contributed by atoms with Gasteiger partial charge in [-0.1, -0.05) is 13.0 Å². The molecule has 35 heavy (non-hydrogen) atoms. The Labute approximate surface area is 201 Å². The lowest BCUT2D eigenvalue weighted by atomic mass is 10.0. The number of benzene rings is 1. The monoisotopic (exact) mass is 482 g/mol. The molecule has 0 aliphatic heterocycles. The van der Waals surface area contributed by atoms with Crippen molar-refractivity contribution in [1.29, 1.82) is 0 Å². The van der Waals surface area contributed by atoms with Crippen LogP contribution in [0.2, 0.25) is 0 Å². The van der Waals surface area contributed by atoms with E-state index in [-0.39, 0.29) is 30.4 Å². The van der Waals surface area contributed by atoms with E-state index in [4.69, 9.17) is 10.5 Å². The van der Waals surface area contributed by atoms with Gasteiger partial charge in [-0.3, -0.25) is 13.9 Å². The van der Waals surface area contributed by atoms with E-state index in [2.05, 4.69) is 15.4 Å². The summed E-state index contributed by atoms with van der Waals surface area (Å²) in [4.78, 5) is 17.7. The van der Waals surface area contributed by atoms with Crippen LogP contribution in [0, 0.1) is 18.6 Å². The van der Waals surface area contributed by atoms with Crippen molar-refractivity contribution in [3.63, 3.8) is 0 Å². The number of nitrogens with two attached hydrogens (primary N) is 1. The second kappa shape index (κ2) is 9.46. The molecule has 3 aromatic heterocycles. The Bertz CT molecular complexity index is 1370. The Kier molecular flexibility index (Phi) is 6.58. The quantitative estimate of drug-likeness (QED) is 0.398. The van der Waals surface area contributed by atoms with Gasteiger partial charge in [0, 0.05) is 42.7 Å². The van der Waals surface area contributed by atoms with Crippen LogP contribution in [0.1, 0.15) is 42.0 Å². The molecule has 1 amide bonds. The number of carbonyl (C=O) groups is 1. The second-order valence-corrected chi connectivity index (χ2v) is 8.91. The van der Waals surface area contributed by atoms with Crippen LogP contribution in [-0.4, -0.2) is 37.2 Å². The summed E-state index contributed by atoms with van der Waals surface area (Å²) in [5.74, 6) is -1.47. The fourth-order valence-corrected chi connectivity index (χ4v) is 3.65. The first-order valence-corrected chi connectivity index (χ1v) is 11.2. The van der Waals surface area contributed by atoms with Gasteiger partial charge in [-0.05, 0) is 38.5 Å². The topological polar surface area (TPSA) is 99.5 Å². The van der Waals surface area contributed by atoms with Crippen LogP contribution in [0.3, 0.4) is 0 Å². The number of aromatic nitrogens is 4. The van der Waals surface area contributed by atoms with Gasteiger partial charge >= 0.3 is 0 Å². The molecule has 0 saturated heterocycles. The summed E-state index contributed by atoms with van der Waals surface area (Å²) in [6.07, 6.45) is 5.94. The molecule has 0 fully saturated rings. The number of fused-ring (bicyclic) bond motifs is 1. The number of rotatable bonds is 8. The maximum Gasteiger partial charge on any atom is 0.270 e. The van der Waals surface area contributed by atoms with Crippen molar-refractivity contribution in [2.75, 3.05) is 6.54 Å². The second-order valence-electron chi connectivity index (χ2n) is 8.91. The molecule has 8 nitrogen and oxygen atoms in total. The summed E-state index contributed by atoms with van der Waals surface area (Å²) in [7, 11) is 1.79. The highest BCUT2D eigenvalue weighted by atomic mass is 19.1. The molecule has 4 aromatic rings. The minimum atomic E-state index is -0.704. The van der Waals surface area contributed by atoms with Gasteiger partial charge in [-0.15, -0.1) is 0 Å². The molecule has 10 heteroatoms. The molecular weight excluding hydrogens is 454 g/mol. The molecule has 184 valence electrons. The van der Waals surface area contributed by atoms with Crippen LogP contribution < -0.4 is 15.8 Å². The molecule has 3 heterocycles.